The highest BCUT2D eigenvalue weighted by Gasteiger charge is 2.35. The molecular formula is C12H20N2O3. The van der Waals surface area contributed by atoms with Crippen LogP contribution in [0.2, 0.25) is 0 Å². The van der Waals surface area contributed by atoms with Crippen molar-refractivity contribution in [2.75, 3.05) is 32.8 Å². The number of morpholine rings is 1. The van der Waals surface area contributed by atoms with E-state index in [2.05, 4.69) is 5.32 Å². The third-order valence-corrected chi connectivity index (χ3v) is 3.28. The van der Waals surface area contributed by atoms with Gasteiger partial charge in [0.2, 0.25) is 5.91 Å². The molecule has 0 spiro atoms. The number of amides is 1. The highest BCUT2D eigenvalue weighted by atomic mass is 16.5. The third-order valence-electron chi connectivity index (χ3n) is 3.28. The van der Waals surface area contributed by atoms with Crippen LogP contribution in [0, 0.1) is 5.92 Å². The summed E-state index contributed by atoms with van der Waals surface area (Å²) in [6.45, 7) is 4.56. The van der Waals surface area contributed by atoms with Gasteiger partial charge in [0.25, 0.3) is 0 Å². The highest BCUT2D eigenvalue weighted by molar-refractivity contribution is 5.87. The van der Waals surface area contributed by atoms with Crippen LogP contribution in [-0.2, 0) is 14.3 Å². The summed E-state index contributed by atoms with van der Waals surface area (Å²) in [5.41, 5.74) is 0. The molecule has 1 atom stereocenters. The minimum atomic E-state index is -0.300. The summed E-state index contributed by atoms with van der Waals surface area (Å²) in [5, 5.41) is 2.79. The summed E-state index contributed by atoms with van der Waals surface area (Å²) < 4.78 is 5.32. The Labute approximate surface area is 101 Å². The number of likely N-dealkylation sites (N-methyl/N-ethyl adjacent to an activating group) is 1. The Hall–Kier alpha value is -0.940. The molecule has 1 heterocycles. The second-order valence-corrected chi connectivity index (χ2v) is 4.70. The summed E-state index contributed by atoms with van der Waals surface area (Å²) in [7, 11) is 0. The third kappa shape index (κ3) is 3.26. The van der Waals surface area contributed by atoms with E-state index in [9.17, 15) is 9.59 Å². The number of ketones is 1. The molecule has 2 fully saturated rings. The highest BCUT2D eigenvalue weighted by Crippen LogP contribution is 2.30. The van der Waals surface area contributed by atoms with Crippen LogP contribution in [0.4, 0.5) is 0 Å². The molecule has 0 aromatic heterocycles. The smallest absolute Gasteiger partial charge is 0.239 e. The van der Waals surface area contributed by atoms with Gasteiger partial charge in [-0.05, 0) is 19.8 Å². The fourth-order valence-electron chi connectivity index (χ4n) is 2.10. The number of hydrogen-bond donors (Lipinski definition) is 1. The van der Waals surface area contributed by atoms with Gasteiger partial charge in [0.05, 0.1) is 19.8 Å². The molecule has 1 unspecified atom stereocenters. The van der Waals surface area contributed by atoms with Crippen molar-refractivity contribution in [2.45, 2.75) is 25.8 Å². The lowest BCUT2D eigenvalue weighted by atomic mass is 10.1. The summed E-state index contributed by atoms with van der Waals surface area (Å²) in [6.07, 6.45) is 2.05. The molecule has 1 saturated heterocycles. The molecule has 0 bridgehead atoms. The van der Waals surface area contributed by atoms with Crippen LogP contribution >= 0.6 is 0 Å². The molecule has 96 valence electrons. The van der Waals surface area contributed by atoms with Crippen molar-refractivity contribution in [1.29, 1.82) is 0 Å². The molecule has 1 amide bonds. The number of nitrogens with zero attached hydrogens (tertiary/aromatic N) is 1. The molecule has 0 aromatic rings. The fraction of sp³-hybridized carbons (Fsp3) is 0.833. The van der Waals surface area contributed by atoms with E-state index < -0.39 is 0 Å². The van der Waals surface area contributed by atoms with Crippen LogP contribution in [-0.4, -0.2) is 55.5 Å². The van der Waals surface area contributed by atoms with Gasteiger partial charge in [-0.15, -0.1) is 0 Å². The largest absolute Gasteiger partial charge is 0.378 e. The van der Waals surface area contributed by atoms with E-state index in [0.717, 1.165) is 12.8 Å². The van der Waals surface area contributed by atoms with E-state index >= 15 is 0 Å². The van der Waals surface area contributed by atoms with Gasteiger partial charge in [-0.1, -0.05) is 0 Å². The Morgan fingerprint density at radius 2 is 2.18 bits per heavy atom. The quantitative estimate of drug-likeness (QED) is 0.723. The topological polar surface area (TPSA) is 58.6 Å². The van der Waals surface area contributed by atoms with Crippen molar-refractivity contribution in [3.63, 3.8) is 0 Å². The molecule has 1 N–H and O–H groups in total. The average Bonchev–Trinajstić information content (AvgIpc) is 3.13. The first kappa shape index (κ1) is 12.5. The molecule has 2 aliphatic rings. The molecule has 0 aromatic carbocycles. The zero-order valence-electron chi connectivity index (χ0n) is 10.3. The molecule has 1 aliphatic carbocycles. The Bertz CT molecular complexity index is 302. The predicted molar refractivity (Wildman–Crippen MR) is 62.6 cm³/mol. The lowest BCUT2D eigenvalue weighted by molar-refractivity contribution is -0.135. The van der Waals surface area contributed by atoms with Gasteiger partial charge in [0, 0.05) is 19.0 Å². The number of carbonyl (C=O) groups excluding carboxylic acids is 2. The number of carbonyl (C=O) groups is 2. The van der Waals surface area contributed by atoms with Crippen molar-refractivity contribution in [3.05, 3.63) is 0 Å². The zero-order chi connectivity index (χ0) is 12.3. The SMILES string of the molecule is CCNC(=O)C1COCCN1CC(=O)C1CC1. The van der Waals surface area contributed by atoms with Crippen molar-refractivity contribution in [1.82, 2.24) is 10.2 Å². The number of rotatable bonds is 5. The van der Waals surface area contributed by atoms with Gasteiger partial charge >= 0.3 is 0 Å². The van der Waals surface area contributed by atoms with E-state index in [1.165, 1.54) is 0 Å². The Morgan fingerprint density at radius 3 is 2.82 bits per heavy atom. The molecule has 5 heteroatoms. The van der Waals surface area contributed by atoms with Crippen LogP contribution in [0.1, 0.15) is 19.8 Å². The van der Waals surface area contributed by atoms with Crippen molar-refractivity contribution < 1.29 is 14.3 Å². The van der Waals surface area contributed by atoms with E-state index in [1.807, 2.05) is 11.8 Å². The van der Waals surface area contributed by atoms with Gasteiger partial charge < -0.3 is 10.1 Å². The fourth-order valence-corrected chi connectivity index (χ4v) is 2.10. The number of Topliss-reactive ketones (excluding diaryl/α,β-unsaturated/α-hetero) is 1. The second-order valence-electron chi connectivity index (χ2n) is 4.70. The Balaban J connectivity index is 1.91. The first-order chi connectivity index (χ1) is 8.22. The van der Waals surface area contributed by atoms with E-state index in [1.54, 1.807) is 0 Å². The molecule has 2 rings (SSSR count). The normalized spacial score (nSPS) is 25.6. The maximum Gasteiger partial charge on any atom is 0.239 e. The molecule has 1 saturated carbocycles. The number of hydrogen-bond acceptors (Lipinski definition) is 4. The Morgan fingerprint density at radius 1 is 1.41 bits per heavy atom. The molecule has 17 heavy (non-hydrogen) atoms. The van der Waals surface area contributed by atoms with Crippen LogP contribution in [0.25, 0.3) is 0 Å². The predicted octanol–water partition coefficient (Wildman–Crippen LogP) is -0.198. The molecule has 1 aliphatic heterocycles. The average molecular weight is 240 g/mol. The number of nitrogens with one attached hydrogen (secondary N) is 1. The minimum Gasteiger partial charge on any atom is -0.378 e. The summed E-state index contributed by atoms with van der Waals surface area (Å²) in [4.78, 5) is 25.6. The Kier molecular flexibility index (Phi) is 4.12. The summed E-state index contributed by atoms with van der Waals surface area (Å²) in [6, 6.07) is -0.300. The van der Waals surface area contributed by atoms with E-state index in [-0.39, 0.29) is 23.7 Å². The van der Waals surface area contributed by atoms with Crippen molar-refractivity contribution in [2.24, 2.45) is 5.92 Å². The first-order valence-electron chi connectivity index (χ1n) is 6.34. The van der Waals surface area contributed by atoms with Crippen LogP contribution in [0.15, 0.2) is 0 Å². The van der Waals surface area contributed by atoms with Gasteiger partial charge in [-0.2, -0.15) is 0 Å². The first-order valence-corrected chi connectivity index (χ1v) is 6.34. The van der Waals surface area contributed by atoms with E-state index in [0.29, 0.717) is 32.8 Å². The lowest BCUT2D eigenvalue weighted by Gasteiger charge is -2.33. The van der Waals surface area contributed by atoms with Gasteiger partial charge in [0.15, 0.2) is 0 Å². The van der Waals surface area contributed by atoms with Crippen LogP contribution in [0.5, 0.6) is 0 Å². The van der Waals surface area contributed by atoms with Crippen molar-refractivity contribution >= 4 is 11.7 Å². The molecule has 5 nitrogen and oxygen atoms in total. The monoisotopic (exact) mass is 240 g/mol. The number of ether oxygens (including phenoxy) is 1. The maximum atomic E-state index is 11.8. The molecule has 0 radical (unpaired) electrons. The van der Waals surface area contributed by atoms with E-state index in [4.69, 9.17) is 4.74 Å². The maximum absolute atomic E-state index is 11.8. The lowest BCUT2D eigenvalue weighted by Crippen LogP contribution is -2.55. The van der Waals surface area contributed by atoms with Crippen LogP contribution in [0.3, 0.4) is 0 Å². The minimum absolute atomic E-state index is 0.0317. The molecular weight excluding hydrogens is 220 g/mol. The summed E-state index contributed by atoms with van der Waals surface area (Å²) >= 11 is 0. The van der Waals surface area contributed by atoms with Crippen molar-refractivity contribution in [3.8, 4) is 0 Å². The van der Waals surface area contributed by atoms with Gasteiger partial charge in [0.1, 0.15) is 11.8 Å². The second kappa shape index (κ2) is 5.60. The zero-order valence-corrected chi connectivity index (χ0v) is 10.3. The standard InChI is InChI=1S/C12H20N2O3/c1-2-13-12(16)10-8-17-6-5-14(10)7-11(15)9-3-4-9/h9-10H,2-8H2,1H3,(H,13,16). The van der Waals surface area contributed by atoms with Gasteiger partial charge in [-0.25, -0.2) is 0 Å². The van der Waals surface area contributed by atoms with Crippen LogP contribution < -0.4 is 5.32 Å². The summed E-state index contributed by atoms with van der Waals surface area (Å²) in [5.74, 6) is 0.504. The van der Waals surface area contributed by atoms with Gasteiger partial charge in [-0.3, -0.25) is 14.5 Å².